The van der Waals surface area contributed by atoms with Gasteiger partial charge in [-0.25, -0.2) is 0 Å². The van der Waals surface area contributed by atoms with E-state index in [9.17, 15) is 14.4 Å². The van der Waals surface area contributed by atoms with Crippen molar-refractivity contribution in [2.24, 2.45) is 0 Å². The van der Waals surface area contributed by atoms with Gasteiger partial charge in [0.2, 0.25) is 0 Å². The van der Waals surface area contributed by atoms with E-state index in [2.05, 4.69) is 77.4 Å². The van der Waals surface area contributed by atoms with Crippen molar-refractivity contribution in [3.8, 4) is 36.7 Å². The Bertz CT molecular complexity index is 1270. The van der Waals surface area contributed by atoms with Crippen LogP contribution in [0.15, 0.2) is 72.8 Å². The van der Waals surface area contributed by atoms with Crippen molar-refractivity contribution in [2.75, 3.05) is 0 Å². The van der Waals surface area contributed by atoms with E-state index in [4.69, 9.17) is 16.5 Å². The predicted octanol–water partition coefficient (Wildman–Crippen LogP) is -0.883. The molecule has 41 heavy (non-hydrogen) atoms. The second-order valence-corrected chi connectivity index (χ2v) is 14.0. The van der Waals surface area contributed by atoms with Gasteiger partial charge < -0.3 is 11.6 Å². The summed E-state index contributed by atoms with van der Waals surface area (Å²) in [6.45, 7) is 6.44. The van der Waals surface area contributed by atoms with Gasteiger partial charge in [-0.05, 0) is 59.0 Å². The summed E-state index contributed by atoms with van der Waals surface area (Å²) in [5.41, 5.74) is 7.14. The van der Waals surface area contributed by atoms with Gasteiger partial charge in [-0.3, -0.25) is 19.2 Å². The van der Waals surface area contributed by atoms with Crippen LogP contribution in [0.1, 0.15) is 43.6 Å². The smallest absolute Gasteiger partial charge is 1.00 e. The first-order valence-corrected chi connectivity index (χ1v) is 15.6. The first-order chi connectivity index (χ1) is 18.6. The zero-order valence-corrected chi connectivity index (χ0v) is 33.2. The van der Waals surface area contributed by atoms with Gasteiger partial charge >= 0.3 is 103 Å². The molecule has 0 bridgehead atoms. The molecule has 0 saturated carbocycles. The van der Waals surface area contributed by atoms with Crippen LogP contribution in [0.3, 0.4) is 0 Å². The van der Waals surface area contributed by atoms with Crippen LogP contribution in [-0.2, 0) is 9.68 Å². The van der Waals surface area contributed by atoms with Crippen molar-refractivity contribution < 1.29 is 134 Å². The number of rotatable bonds is 4. The Morgan fingerprint density at radius 2 is 1.05 bits per heavy atom. The number of benzene rings is 3. The Morgan fingerprint density at radius 3 is 1.32 bits per heavy atom. The summed E-state index contributed by atoms with van der Waals surface area (Å²) in [6.07, 6.45) is 15.6. The van der Waals surface area contributed by atoms with Crippen molar-refractivity contribution >= 4 is 56.0 Å². The van der Waals surface area contributed by atoms with Crippen LogP contribution in [0.2, 0.25) is 19.6 Å². The van der Waals surface area contributed by atoms with E-state index in [1.807, 2.05) is 24.3 Å². The van der Waals surface area contributed by atoms with Crippen molar-refractivity contribution in [3.05, 3.63) is 104 Å². The van der Waals surface area contributed by atoms with Crippen LogP contribution in [0, 0.1) is 40.2 Å². The molecule has 0 aliphatic carbocycles. The zero-order valence-electron chi connectivity index (χ0n) is 24.8. The van der Waals surface area contributed by atoms with Crippen LogP contribution in [0.25, 0.3) is 0 Å². The van der Waals surface area contributed by atoms with Gasteiger partial charge in [-0.1, -0.05) is 67.9 Å². The van der Waals surface area contributed by atoms with Crippen molar-refractivity contribution in [1.82, 2.24) is 0 Å². The van der Waals surface area contributed by atoms with Crippen molar-refractivity contribution in [1.29, 1.82) is 0 Å². The molecule has 0 spiro atoms. The number of aldehydes is 3. The SMILES string of the molecule is C#C.C#Cc1ccc(C=O)cc1.C[Si](C)(C)C#Cc1ccc(C=O)cc1.O=CO[O-].O=Cc1ccc(I)cc1.[H-].[K+].[K+]. The largest absolute Gasteiger partial charge is 1.00 e. The number of hydrogen-bond donors (Lipinski definition) is 0. The molecule has 3 aromatic rings. The van der Waals surface area contributed by atoms with Gasteiger partial charge in [-0.15, -0.1) is 24.8 Å². The molecular formula is C31H29IK2O6Si. The molecule has 0 amide bonds. The molecule has 0 radical (unpaired) electrons. The van der Waals surface area contributed by atoms with Crippen molar-refractivity contribution in [3.63, 3.8) is 0 Å². The third kappa shape index (κ3) is 27.6. The van der Waals surface area contributed by atoms with E-state index in [1.165, 1.54) is 0 Å². The fourth-order valence-corrected chi connectivity index (χ4v) is 2.98. The van der Waals surface area contributed by atoms with Crippen molar-refractivity contribution in [2.45, 2.75) is 19.6 Å². The van der Waals surface area contributed by atoms with Crippen LogP contribution < -0.4 is 108 Å². The second-order valence-electron chi connectivity index (χ2n) is 7.99. The summed E-state index contributed by atoms with van der Waals surface area (Å²) in [5, 5.41) is 8.43. The van der Waals surface area contributed by atoms with Gasteiger partial charge in [-0.2, -0.15) is 0 Å². The first kappa shape index (κ1) is 46.9. The minimum absolute atomic E-state index is 0. The molecule has 0 N–H and O–H groups in total. The normalized spacial score (nSPS) is 8.05. The predicted molar refractivity (Wildman–Crippen MR) is 165 cm³/mol. The summed E-state index contributed by atoms with van der Waals surface area (Å²) in [6, 6.07) is 21.6. The van der Waals surface area contributed by atoms with Gasteiger partial charge in [0.25, 0.3) is 6.47 Å². The summed E-state index contributed by atoms with van der Waals surface area (Å²) in [5.74, 6) is 5.59. The summed E-state index contributed by atoms with van der Waals surface area (Å²) >= 11 is 2.20. The summed E-state index contributed by atoms with van der Waals surface area (Å²) in [4.78, 5) is 41.9. The van der Waals surface area contributed by atoms with Gasteiger partial charge in [0, 0.05) is 31.4 Å². The molecule has 202 valence electrons. The number of hydrogen-bond acceptors (Lipinski definition) is 6. The molecule has 0 aromatic heterocycles. The molecule has 0 aliphatic rings. The average Bonchev–Trinajstić information content (AvgIpc) is 2.98. The summed E-state index contributed by atoms with van der Waals surface area (Å²) < 4.78 is 1.15. The fourth-order valence-electron chi connectivity index (χ4n) is 2.10. The molecule has 0 saturated heterocycles. The van der Waals surface area contributed by atoms with E-state index in [0.29, 0.717) is 11.1 Å². The molecule has 10 heteroatoms. The van der Waals surface area contributed by atoms with Gasteiger partial charge in [0.15, 0.2) is 0 Å². The van der Waals surface area contributed by atoms with E-state index in [-0.39, 0.29) is 111 Å². The quantitative estimate of drug-likeness (QED) is 0.0865. The topological polar surface area (TPSA) is 101 Å². The molecule has 0 aliphatic heterocycles. The standard InChI is InChI=1S/C12H14OSi.C9H6O.C7H5IO.C2H2.CH2O3.2K.H/c1-14(2,3)9-8-11-4-6-12(10-13)7-5-11;1-2-8-3-5-9(7-10)6-4-8;8-7-3-1-6(5-9)2-4-7;1-2;2-1-4-3;;;/h4-7,10H,1-3H3;1,3-7H;1-5H;1-2H;1,3H;;;/q;;;;;2*+1;-1/p-1. The van der Waals surface area contributed by atoms with Gasteiger partial charge in [0.1, 0.15) is 26.9 Å². The minimum atomic E-state index is -1.29. The molecule has 0 atom stereocenters. The Hall–Kier alpha value is -1.00. The number of carbonyl (C=O) groups is 4. The minimum Gasteiger partial charge on any atom is -1.00 e. The third-order valence-corrected chi connectivity index (χ3v) is 5.48. The third-order valence-electron chi connectivity index (χ3n) is 3.89. The maximum atomic E-state index is 10.4. The number of terminal acetylenes is 2. The second kappa shape index (κ2) is 30.5. The molecule has 6 nitrogen and oxygen atoms in total. The van der Waals surface area contributed by atoms with Crippen LogP contribution in [0.5, 0.6) is 0 Å². The molecule has 0 heterocycles. The van der Waals surface area contributed by atoms with Gasteiger partial charge in [0.05, 0.1) is 0 Å². The Morgan fingerprint density at radius 1 is 0.732 bits per heavy atom. The molecule has 3 aromatic carbocycles. The Labute approximate surface area is 344 Å². The Balaban J connectivity index is -0.000000147. The Kier molecular flexibility index (Phi) is 34.9. The molecule has 0 unspecified atom stereocenters. The monoisotopic (exact) mass is 730 g/mol. The van der Waals surface area contributed by atoms with Crippen LogP contribution in [0.4, 0.5) is 0 Å². The van der Waals surface area contributed by atoms with Crippen LogP contribution >= 0.6 is 22.6 Å². The molecule has 0 fully saturated rings. The number of halogens is 1. The first-order valence-electron chi connectivity index (χ1n) is 11.0. The molecular weight excluding hydrogens is 702 g/mol. The number of carbonyl (C=O) groups excluding carboxylic acids is 4. The van der Waals surface area contributed by atoms with E-state index in [1.54, 1.807) is 48.5 Å². The van der Waals surface area contributed by atoms with Crippen LogP contribution in [-0.4, -0.2) is 33.4 Å². The van der Waals surface area contributed by atoms with E-state index in [0.717, 1.165) is 39.1 Å². The van der Waals surface area contributed by atoms with E-state index < -0.39 is 8.07 Å². The maximum absolute atomic E-state index is 10.4. The fraction of sp³-hybridized carbons (Fsp3) is 0.0968. The average molecular weight is 731 g/mol. The van der Waals surface area contributed by atoms with E-state index >= 15 is 0 Å². The zero-order chi connectivity index (χ0) is 30.1. The molecule has 3 rings (SSSR count). The summed E-state index contributed by atoms with van der Waals surface area (Å²) in [7, 11) is -1.29. The maximum Gasteiger partial charge on any atom is 1.00 e.